The molecule has 0 bridgehead atoms. The van der Waals surface area contributed by atoms with Gasteiger partial charge in [-0.25, -0.2) is 4.98 Å². The Hall–Kier alpha value is -2.47. The van der Waals surface area contributed by atoms with E-state index in [1.54, 1.807) is 16.0 Å². The first-order valence-corrected chi connectivity index (χ1v) is 10.8. The molecule has 0 atom stereocenters. The minimum Gasteiger partial charge on any atom is -0.342 e. The van der Waals surface area contributed by atoms with Crippen molar-refractivity contribution < 1.29 is 4.79 Å². The summed E-state index contributed by atoms with van der Waals surface area (Å²) >= 11 is 1.40. The summed E-state index contributed by atoms with van der Waals surface area (Å²) < 4.78 is 1.57. The molecule has 0 saturated carbocycles. The fourth-order valence-electron chi connectivity index (χ4n) is 3.12. The second-order valence-electron chi connectivity index (χ2n) is 6.98. The molecule has 2 aromatic heterocycles. The maximum atomic E-state index is 12.9. The van der Waals surface area contributed by atoms with Crippen LogP contribution in [0.3, 0.4) is 0 Å². The van der Waals surface area contributed by atoms with E-state index in [0.29, 0.717) is 10.5 Å². The average Bonchev–Trinajstić information content (AvgIpc) is 3.16. The summed E-state index contributed by atoms with van der Waals surface area (Å²) in [6.45, 7) is 5.77. The Kier molecular flexibility index (Phi) is 6.98. The fraction of sp³-hybridized carbons (Fsp3) is 0.409. The van der Waals surface area contributed by atoms with Gasteiger partial charge in [0.25, 0.3) is 5.56 Å². The number of unbranched alkanes of at least 4 members (excludes halogenated alkanes) is 2. The van der Waals surface area contributed by atoms with Crippen molar-refractivity contribution in [2.24, 2.45) is 0 Å². The van der Waals surface area contributed by atoms with Crippen molar-refractivity contribution in [3.63, 3.8) is 0 Å². The van der Waals surface area contributed by atoms with Gasteiger partial charge in [0.15, 0.2) is 4.96 Å². The van der Waals surface area contributed by atoms with Crippen LogP contribution in [-0.4, -0.2) is 33.3 Å². The van der Waals surface area contributed by atoms with Crippen LogP contribution >= 0.6 is 11.3 Å². The smallest absolute Gasteiger partial charge is 0.261 e. The predicted octanol–water partition coefficient (Wildman–Crippen LogP) is 4.39. The SMILES string of the molecule is CCCCN(CCCC)C(=O)Cc1csc2nc(-c3ccccc3)cn2c1=O. The van der Waals surface area contributed by atoms with Crippen LogP contribution in [-0.2, 0) is 11.2 Å². The van der Waals surface area contributed by atoms with E-state index in [-0.39, 0.29) is 17.9 Å². The minimum absolute atomic E-state index is 0.0361. The zero-order valence-corrected chi connectivity index (χ0v) is 17.4. The highest BCUT2D eigenvalue weighted by Gasteiger charge is 2.17. The second-order valence-corrected chi connectivity index (χ2v) is 7.81. The van der Waals surface area contributed by atoms with Crippen molar-refractivity contribution in [2.45, 2.75) is 46.0 Å². The largest absolute Gasteiger partial charge is 0.342 e. The van der Waals surface area contributed by atoms with Gasteiger partial charge >= 0.3 is 0 Å². The predicted molar refractivity (Wildman–Crippen MR) is 115 cm³/mol. The Balaban J connectivity index is 1.83. The summed E-state index contributed by atoms with van der Waals surface area (Å²) in [6.07, 6.45) is 6.00. The number of fused-ring (bicyclic) bond motifs is 1. The lowest BCUT2D eigenvalue weighted by atomic mass is 10.2. The molecule has 28 heavy (non-hydrogen) atoms. The standard InChI is InChI=1S/C22H27N3O2S/c1-3-5-12-24(13-6-4-2)20(26)14-18-16-28-22-23-19(15-25(22)21(18)27)17-10-8-7-9-11-17/h7-11,15-16H,3-6,12-14H2,1-2H3. The number of rotatable bonds is 9. The molecular formula is C22H27N3O2S. The zero-order chi connectivity index (χ0) is 19.9. The summed E-state index contributed by atoms with van der Waals surface area (Å²) in [5, 5.41) is 1.79. The van der Waals surface area contributed by atoms with Gasteiger partial charge in [-0.15, -0.1) is 11.3 Å². The van der Waals surface area contributed by atoms with Gasteiger partial charge in [-0.2, -0.15) is 0 Å². The molecule has 0 spiro atoms. The summed E-state index contributed by atoms with van der Waals surface area (Å²) in [5.74, 6) is 0.0361. The first-order valence-electron chi connectivity index (χ1n) is 9.97. The van der Waals surface area contributed by atoms with Crippen LogP contribution < -0.4 is 5.56 Å². The molecule has 0 N–H and O–H groups in total. The van der Waals surface area contributed by atoms with Gasteiger partial charge in [-0.05, 0) is 12.8 Å². The molecule has 0 aliphatic heterocycles. The molecule has 3 aromatic rings. The van der Waals surface area contributed by atoms with Crippen LogP contribution in [0.5, 0.6) is 0 Å². The van der Waals surface area contributed by atoms with Gasteiger partial charge in [0.1, 0.15) is 0 Å². The van der Waals surface area contributed by atoms with Crippen LogP contribution in [0.2, 0.25) is 0 Å². The van der Waals surface area contributed by atoms with Crippen molar-refractivity contribution in [1.82, 2.24) is 14.3 Å². The van der Waals surface area contributed by atoms with Crippen LogP contribution in [0, 0.1) is 0 Å². The third kappa shape index (κ3) is 4.68. The van der Waals surface area contributed by atoms with Crippen LogP contribution in [0.4, 0.5) is 0 Å². The summed E-state index contributed by atoms with van der Waals surface area (Å²) in [6, 6.07) is 9.80. The van der Waals surface area contributed by atoms with Crippen LogP contribution in [0.25, 0.3) is 16.2 Å². The lowest BCUT2D eigenvalue weighted by molar-refractivity contribution is -0.130. The highest BCUT2D eigenvalue weighted by atomic mass is 32.1. The third-order valence-electron chi connectivity index (χ3n) is 4.80. The van der Waals surface area contributed by atoms with E-state index in [1.807, 2.05) is 35.2 Å². The van der Waals surface area contributed by atoms with Gasteiger partial charge in [-0.1, -0.05) is 57.0 Å². The van der Waals surface area contributed by atoms with Crippen molar-refractivity contribution >= 4 is 22.2 Å². The zero-order valence-electron chi connectivity index (χ0n) is 16.6. The molecule has 6 heteroatoms. The van der Waals surface area contributed by atoms with E-state index >= 15 is 0 Å². The Morgan fingerprint density at radius 3 is 2.43 bits per heavy atom. The van der Waals surface area contributed by atoms with Crippen LogP contribution in [0.15, 0.2) is 46.7 Å². The van der Waals surface area contributed by atoms with E-state index in [0.717, 1.165) is 50.0 Å². The first-order chi connectivity index (χ1) is 13.6. The van der Waals surface area contributed by atoms with Gasteiger partial charge in [0.05, 0.1) is 12.1 Å². The van der Waals surface area contributed by atoms with Crippen molar-refractivity contribution in [2.75, 3.05) is 13.1 Å². The van der Waals surface area contributed by atoms with Crippen molar-refractivity contribution in [1.29, 1.82) is 0 Å². The molecule has 5 nitrogen and oxygen atoms in total. The summed E-state index contributed by atoms with van der Waals surface area (Å²) in [5.41, 5.74) is 2.13. The highest BCUT2D eigenvalue weighted by Crippen LogP contribution is 2.20. The molecule has 1 amide bonds. The molecule has 1 aromatic carbocycles. The molecule has 0 saturated heterocycles. The molecule has 0 aliphatic rings. The maximum Gasteiger partial charge on any atom is 0.261 e. The quantitative estimate of drug-likeness (QED) is 0.538. The second kappa shape index (κ2) is 9.64. The van der Waals surface area contributed by atoms with E-state index in [2.05, 4.69) is 18.8 Å². The number of hydrogen-bond donors (Lipinski definition) is 0. The van der Waals surface area contributed by atoms with Gasteiger partial charge < -0.3 is 4.90 Å². The maximum absolute atomic E-state index is 12.9. The molecule has 0 fully saturated rings. The Bertz CT molecular complexity index is 970. The van der Waals surface area contributed by atoms with E-state index < -0.39 is 0 Å². The van der Waals surface area contributed by atoms with E-state index in [1.165, 1.54) is 11.3 Å². The third-order valence-corrected chi connectivity index (χ3v) is 5.70. The Morgan fingerprint density at radius 2 is 1.79 bits per heavy atom. The molecule has 0 aliphatic carbocycles. The number of hydrogen-bond acceptors (Lipinski definition) is 4. The molecule has 3 rings (SSSR count). The lowest BCUT2D eigenvalue weighted by Crippen LogP contribution is -2.35. The van der Waals surface area contributed by atoms with Gasteiger partial charge in [0.2, 0.25) is 5.91 Å². The number of aromatic nitrogens is 2. The fourth-order valence-corrected chi connectivity index (χ4v) is 3.95. The van der Waals surface area contributed by atoms with E-state index in [9.17, 15) is 9.59 Å². The Morgan fingerprint density at radius 1 is 1.11 bits per heavy atom. The number of benzene rings is 1. The van der Waals surface area contributed by atoms with Gasteiger partial charge in [-0.3, -0.25) is 14.0 Å². The topological polar surface area (TPSA) is 54.7 Å². The minimum atomic E-state index is -0.150. The van der Waals surface area contributed by atoms with E-state index in [4.69, 9.17) is 0 Å². The normalized spacial score (nSPS) is 11.1. The lowest BCUT2D eigenvalue weighted by Gasteiger charge is -2.22. The first kappa shape index (κ1) is 20.3. The van der Waals surface area contributed by atoms with Crippen molar-refractivity contribution in [3.05, 3.63) is 57.8 Å². The number of nitrogens with zero attached hydrogens (tertiary/aromatic N) is 3. The number of carbonyl (C=O) groups excluding carboxylic acids is 1. The number of carbonyl (C=O) groups is 1. The van der Waals surface area contributed by atoms with Crippen molar-refractivity contribution in [3.8, 4) is 11.3 Å². The Labute approximate surface area is 169 Å². The molecule has 2 heterocycles. The number of amides is 1. The molecule has 0 radical (unpaired) electrons. The number of imidazole rings is 1. The summed E-state index contributed by atoms with van der Waals surface area (Å²) in [7, 11) is 0. The van der Waals surface area contributed by atoms with Crippen LogP contribution in [0.1, 0.15) is 45.1 Å². The molecule has 148 valence electrons. The summed E-state index contributed by atoms with van der Waals surface area (Å²) in [4.78, 5) is 32.8. The average molecular weight is 398 g/mol. The van der Waals surface area contributed by atoms with Gasteiger partial charge in [0, 0.05) is 35.8 Å². The molecular weight excluding hydrogens is 370 g/mol. The molecule has 0 unspecified atom stereocenters. The monoisotopic (exact) mass is 397 g/mol. The highest BCUT2D eigenvalue weighted by molar-refractivity contribution is 7.14.